The fourth-order valence-electron chi connectivity index (χ4n) is 1.51. The maximum Gasteiger partial charge on any atom is 0.123 e. The van der Waals surface area contributed by atoms with Gasteiger partial charge in [-0.15, -0.1) is 0 Å². The van der Waals surface area contributed by atoms with Crippen molar-refractivity contribution in [2.24, 2.45) is 0 Å². The van der Waals surface area contributed by atoms with E-state index in [1.807, 2.05) is 12.1 Å². The molecule has 15 heavy (non-hydrogen) atoms. The molecule has 1 aromatic carbocycles. The van der Waals surface area contributed by atoms with Crippen LogP contribution in [0.3, 0.4) is 0 Å². The summed E-state index contributed by atoms with van der Waals surface area (Å²) in [6, 6.07) is 6.15. The van der Waals surface area contributed by atoms with Crippen molar-refractivity contribution in [2.45, 2.75) is 33.1 Å². The molecule has 0 amide bonds. The minimum atomic E-state index is 0.0530. The van der Waals surface area contributed by atoms with Gasteiger partial charge >= 0.3 is 0 Å². The van der Waals surface area contributed by atoms with E-state index < -0.39 is 0 Å². The largest absolute Gasteiger partial charge is 0.491 e. The van der Waals surface area contributed by atoms with E-state index in [1.165, 1.54) is 11.1 Å². The van der Waals surface area contributed by atoms with Crippen LogP contribution >= 0.6 is 0 Å². The summed E-state index contributed by atoms with van der Waals surface area (Å²) in [5.41, 5.74) is 2.49. The zero-order valence-electron chi connectivity index (χ0n) is 10.0. The Morgan fingerprint density at radius 1 is 1.27 bits per heavy atom. The van der Waals surface area contributed by atoms with Crippen LogP contribution in [0.25, 0.3) is 0 Å². The first-order chi connectivity index (χ1) is 6.95. The number of aryl methyl sites for hydroxylation is 1. The van der Waals surface area contributed by atoms with Gasteiger partial charge in [0.25, 0.3) is 0 Å². The van der Waals surface area contributed by atoms with Crippen LogP contribution in [-0.4, -0.2) is 18.3 Å². The van der Waals surface area contributed by atoms with Gasteiger partial charge in [-0.25, -0.2) is 0 Å². The molecule has 0 heterocycles. The Hall–Kier alpha value is -1.02. The van der Waals surface area contributed by atoms with Gasteiger partial charge in [-0.05, 0) is 24.0 Å². The van der Waals surface area contributed by atoms with E-state index in [4.69, 9.17) is 9.84 Å². The highest BCUT2D eigenvalue weighted by Gasteiger charge is 2.18. The predicted molar refractivity (Wildman–Crippen MR) is 62.5 cm³/mol. The second-order valence-electron chi connectivity index (χ2n) is 4.82. The smallest absolute Gasteiger partial charge is 0.123 e. The zero-order chi connectivity index (χ0) is 11.5. The third-order valence-electron chi connectivity index (χ3n) is 2.29. The number of rotatable bonds is 3. The Morgan fingerprint density at radius 3 is 2.47 bits per heavy atom. The molecule has 0 aliphatic carbocycles. The molecule has 2 heteroatoms. The van der Waals surface area contributed by atoms with E-state index in [1.54, 1.807) is 0 Å². The van der Waals surface area contributed by atoms with Crippen molar-refractivity contribution in [3.05, 3.63) is 29.3 Å². The lowest BCUT2D eigenvalue weighted by molar-refractivity contribution is 0.199. The van der Waals surface area contributed by atoms with Crippen molar-refractivity contribution in [1.29, 1.82) is 0 Å². The van der Waals surface area contributed by atoms with Crippen LogP contribution in [0.15, 0.2) is 18.2 Å². The van der Waals surface area contributed by atoms with Gasteiger partial charge in [0.05, 0.1) is 6.61 Å². The summed E-state index contributed by atoms with van der Waals surface area (Å²) in [5.74, 6) is 0.877. The first-order valence-electron chi connectivity index (χ1n) is 5.30. The molecule has 0 aromatic heterocycles. The Labute approximate surface area is 91.9 Å². The molecule has 84 valence electrons. The molecule has 2 nitrogen and oxygen atoms in total. The first-order valence-corrected chi connectivity index (χ1v) is 5.30. The Balaban J connectivity index is 3.04. The molecule has 0 radical (unpaired) electrons. The number of aliphatic hydroxyl groups excluding tert-OH is 1. The number of aliphatic hydroxyl groups is 1. The minimum Gasteiger partial charge on any atom is -0.491 e. The quantitative estimate of drug-likeness (QED) is 0.827. The van der Waals surface area contributed by atoms with E-state index in [0.29, 0.717) is 6.61 Å². The van der Waals surface area contributed by atoms with E-state index in [0.717, 1.165) is 5.75 Å². The second kappa shape index (κ2) is 4.67. The van der Waals surface area contributed by atoms with Crippen LogP contribution in [-0.2, 0) is 5.41 Å². The average Bonchev–Trinajstić information content (AvgIpc) is 2.14. The standard InChI is InChI=1S/C13H20O2/c1-10-5-6-12(15-8-7-14)11(9-10)13(2,3)4/h5-6,9,14H,7-8H2,1-4H3. The molecule has 0 aliphatic rings. The van der Waals surface area contributed by atoms with Crippen LogP contribution in [0.1, 0.15) is 31.9 Å². The van der Waals surface area contributed by atoms with Crippen molar-refractivity contribution in [2.75, 3.05) is 13.2 Å². The van der Waals surface area contributed by atoms with Gasteiger partial charge in [0.1, 0.15) is 12.4 Å². The molecular weight excluding hydrogens is 188 g/mol. The fourth-order valence-corrected chi connectivity index (χ4v) is 1.51. The summed E-state index contributed by atoms with van der Waals surface area (Å²) in [6.07, 6.45) is 0. The summed E-state index contributed by atoms with van der Waals surface area (Å²) in [7, 11) is 0. The van der Waals surface area contributed by atoms with Gasteiger partial charge in [0, 0.05) is 0 Å². The molecule has 0 fully saturated rings. The first kappa shape index (κ1) is 12.1. The Bertz CT molecular complexity index is 324. The molecule has 1 N–H and O–H groups in total. The van der Waals surface area contributed by atoms with Crippen molar-refractivity contribution in [3.63, 3.8) is 0 Å². The van der Waals surface area contributed by atoms with Crippen molar-refractivity contribution in [3.8, 4) is 5.75 Å². The minimum absolute atomic E-state index is 0.0530. The van der Waals surface area contributed by atoms with E-state index in [-0.39, 0.29) is 12.0 Å². The van der Waals surface area contributed by atoms with E-state index in [2.05, 4.69) is 33.8 Å². The lowest BCUT2D eigenvalue weighted by Gasteiger charge is -2.23. The van der Waals surface area contributed by atoms with Crippen LogP contribution in [0.4, 0.5) is 0 Å². The van der Waals surface area contributed by atoms with Gasteiger partial charge < -0.3 is 9.84 Å². The molecule has 0 unspecified atom stereocenters. The topological polar surface area (TPSA) is 29.5 Å². The summed E-state index contributed by atoms with van der Waals surface area (Å²) >= 11 is 0. The highest BCUT2D eigenvalue weighted by atomic mass is 16.5. The number of benzene rings is 1. The molecule has 0 saturated carbocycles. The molecular formula is C13H20O2. The van der Waals surface area contributed by atoms with Gasteiger partial charge in [0.15, 0.2) is 0 Å². The van der Waals surface area contributed by atoms with Crippen molar-refractivity contribution >= 4 is 0 Å². The molecule has 0 atom stereocenters. The molecule has 1 aromatic rings. The number of ether oxygens (including phenoxy) is 1. The lowest BCUT2D eigenvalue weighted by Crippen LogP contribution is -2.14. The summed E-state index contributed by atoms with van der Waals surface area (Å²) in [6.45, 7) is 8.96. The van der Waals surface area contributed by atoms with Crippen molar-refractivity contribution in [1.82, 2.24) is 0 Å². The van der Waals surface area contributed by atoms with Gasteiger partial charge in [0.2, 0.25) is 0 Å². The monoisotopic (exact) mass is 208 g/mol. The lowest BCUT2D eigenvalue weighted by atomic mass is 9.85. The van der Waals surface area contributed by atoms with E-state index in [9.17, 15) is 0 Å². The number of hydrogen-bond acceptors (Lipinski definition) is 2. The maximum absolute atomic E-state index is 8.75. The van der Waals surface area contributed by atoms with Crippen LogP contribution in [0, 0.1) is 6.92 Å². The summed E-state index contributed by atoms with van der Waals surface area (Å²) < 4.78 is 5.52. The molecule has 0 aliphatic heterocycles. The maximum atomic E-state index is 8.75. The highest BCUT2D eigenvalue weighted by molar-refractivity contribution is 5.41. The Morgan fingerprint density at radius 2 is 1.93 bits per heavy atom. The average molecular weight is 208 g/mol. The molecule has 0 saturated heterocycles. The molecule has 0 bridgehead atoms. The normalized spacial score (nSPS) is 11.5. The number of hydrogen-bond donors (Lipinski definition) is 1. The Kier molecular flexibility index (Phi) is 3.75. The summed E-state index contributed by atoms with van der Waals surface area (Å²) in [5, 5.41) is 8.75. The van der Waals surface area contributed by atoms with Gasteiger partial charge in [-0.1, -0.05) is 38.5 Å². The van der Waals surface area contributed by atoms with Gasteiger partial charge in [-0.2, -0.15) is 0 Å². The van der Waals surface area contributed by atoms with E-state index >= 15 is 0 Å². The van der Waals surface area contributed by atoms with Crippen LogP contribution < -0.4 is 4.74 Å². The molecule has 1 rings (SSSR count). The SMILES string of the molecule is Cc1ccc(OCCO)c(C(C)(C)C)c1. The van der Waals surface area contributed by atoms with Crippen molar-refractivity contribution < 1.29 is 9.84 Å². The predicted octanol–water partition coefficient (Wildman–Crippen LogP) is 2.66. The van der Waals surface area contributed by atoms with Gasteiger partial charge in [-0.3, -0.25) is 0 Å². The summed E-state index contributed by atoms with van der Waals surface area (Å²) in [4.78, 5) is 0. The van der Waals surface area contributed by atoms with Crippen LogP contribution in [0.2, 0.25) is 0 Å². The highest BCUT2D eigenvalue weighted by Crippen LogP contribution is 2.31. The fraction of sp³-hybridized carbons (Fsp3) is 0.538. The third-order valence-corrected chi connectivity index (χ3v) is 2.29. The molecule has 0 spiro atoms. The third kappa shape index (κ3) is 3.24. The zero-order valence-corrected chi connectivity index (χ0v) is 10.0. The second-order valence-corrected chi connectivity index (χ2v) is 4.82. The van der Waals surface area contributed by atoms with Crippen LogP contribution in [0.5, 0.6) is 5.75 Å².